The first-order valence-electron chi connectivity index (χ1n) is 5.30. The number of hydrogen-bond acceptors (Lipinski definition) is 3. The Bertz CT molecular complexity index is 412. The van der Waals surface area contributed by atoms with E-state index in [1.165, 1.54) is 10.6 Å². The first kappa shape index (κ1) is 12.4. The predicted molar refractivity (Wildman–Crippen MR) is 63.5 cm³/mol. The Labute approximate surface area is 94.5 Å². The summed E-state index contributed by atoms with van der Waals surface area (Å²) in [6.45, 7) is 3.15. The van der Waals surface area contributed by atoms with Crippen molar-refractivity contribution >= 4 is 11.6 Å². The van der Waals surface area contributed by atoms with Crippen LogP contribution >= 0.6 is 0 Å². The Morgan fingerprint density at radius 3 is 2.81 bits per heavy atom. The first-order valence-corrected chi connectivity index (χ1v) is 5.30. The first-order chi connectivity index (χ1) is 7.63. The summed E-state index contributed by atoms with van der Waals surface area (Å²) in [6, 6.07) is 3.02. The van der Waals surface area contributed by atoms with Crippen molar-refractivity contribution in [3.8, 4) is 0 Å². The summed E-state index contributed by atoms with van der Waals surface area (Å²) in [7, 11) is 1.65. The fourth-order valence-corrected chi connectivity index (χ4v) is 1.25. The predicted octanol–water partition coefficient (Wildman–Crippen LogP) is 0.323. The van der Waals surface area contributed by atoms with Gasteiger partial charge in [-0.05, 0) is 19.0 Å². The minimum Gasteiger partial charge on any atom is -0.324 e. The topological polar surface area (TPSA) is 63.1 Å². The van der Waals surface area contributed by atoms with Gasteiger partial charge in [0.15, 0.2) is 0 Å². The third kappa shape index (κ3) is 3.86. The molecule has 0 aliphatic rings. The average Bonchev–Trinajstić information content (AvgIpc) is 2.24. The minimum absolute atomic E-state index is 0.0953. The molecule has 0 aromatic carbocycles. The molecule has 0 fully saturated rings. The molecular weight excluding hydrogens is 206 g/mol. The smallest absolute Gasteiger partial charge is 0.250 e. The number of pyridine rings is 1. The molecule has 0 saturated carbocycles. The zero-order valence-electron chi connectivity index (χ0n) is 9.62. The van der Waals surface area contributed by atoms with Crippen LogP contribution in [-0.2, 0) is 11.8 Å². The van der Waals surface area contributed by atoms with Crippen molar-refractivity contribution in [3.05, 3.63) is 28.7 Å². The zero-order valence-corrected chi connectivity index (χ0v) is 9.62. The van der Waals surface area contributed by atoms with Crippen LogP contribution in [0.1, 0.15) is 13.3 Å². The van der Waals surface area contributed by atoms with E-state index in [1.54, 1.807) is 19.3 Å². The average molecular weight is 223 g/mol. The molecule has 1 aromatic heterocycles. The lowest BCUT2D eigenvalue weighted by Gasteiger charge is -2.06. The fraction of sp³-hybridized carbons (Fsp3) is 0.455. The highest BCUT2D eigenvalue weighted by atomic mass is 16.2. The quantitative estimate of drug-likeness (QED) is 0.707. The Morgan fingerprint density at radius 2 is 2.19 bits per heavy atom. The molecule has 0 saturated heterocycles. The van der Waals surface area contributed by atoms with E-state index in [4.69, 9.17) is 0 Å². The number of amides is 1. The molecule has 1 amide bonds. The Hall–Kier alpha value is -1.62. The van der Waals surface area contributed by atoms with E-state index in [2.05, 4.69) is 10.6 Å². The molecule has 0 atom stereocenters. The molecule has 0 radical (unpaired) electrons. The molecule has 1 rings (SSSR count). The van der Waals surface area contributed by atoms with Gasteiger partial charge in [-0.1, -0.05) is 6.92 Å². The molecule has 1 aromatic rings. The Kier molecular flexibility index (Phi) is 4.72. The van der Waals surface area contributed by atoms with Gasteiger partial charge in [-0.15, -0.1) is 0 Å². The largest absolute Gasteiger partial charge is 0.324 e. The highest BCUT2D eigenvalue weighted by Gasteiger charge is 2.01. The molecule has 0 spiro atoms. The Balaban J connectivity index is 2.50. The third-order valence-corrected chi connectivity index (χ3v) is 2.08. The van der Waals surface area contributed by atoms with Crippen molar-refractivity contribution < 1.29 is 4.79 Å². The van der Waals surface area contributed by atoms with Crippen molar-refractivity contribution in [1.29, 1.82) is 0 Å². The van der Waals surface area contributed by atoms with Crippen LogP contribution in [0.4, 0.5) is 5.69 Å². The maximum atomic E-state index is 11.4. The summed E-state index contributed by atoms with van der Waals surface area (Å²) in [4.78, 5) is 22.5. The standard InChI is InChI=1S/C11H17N3O2/c1-3-6-12-7-10(15)13-9-4-5-11(16)14(2)8-9/h4-5,8,12H,3,6-7H2,1-2H3,(H,13,15). The molecule has 5 heteroatoms. The monoisotopic (exact) mass is 223 g/mol. The molecule has 0 bridgehead atoms. The van der Waals surface area contributed by atoms with Gasteiger partial charge in [-0.3, -0.25) is 9.59 Å². The number of carbonyl (C=O) groups excluding carboxylic acids is 1. The molecule has 0 unspecified atom stereocenters. The summed E-state index contributed by atoms with van der Waals surface area (Å²) in [5.74, 6) is -0.105. The summed E-state index contributed by atoms with van der Waals surface area (Å²) >= 11 is 0. The minimum atomic E-state index is -0.105. The Morgan fingerprint density at radius 1 is 1.44 bits per heavy atom. The number of aryl methyl sites for hydroxylation is 1. The van der Waals surface area contributed by atoms with Crippen molar-refractivity contribution in [1.82, 2.24) is 9.88 Å². The second-order valence-corrected chi connectivity index (χ2v) is 3.59. The van der Waals surface area contributed by atoms with Crippen LogP contribution in [0.3, 0.4) is 0 Å². The highest BCUT2D eigenvalue weighted by molar-refractivity contribution is 5.92. The van der Waals surface area contributed by atoms with Gasteiger partial charge >= 0.3 is 0 Å². The number of rotatable bonds is 5. The van der Waals surface area contributed by atoms with Crippen molar-refractivity contribution in [2.75, 3.05) is 18.4 Å². The molecule has 88 valence electrons. The van der Waals surface area contributed by atoms with Gasteiger partial charge in [-0.2, -0.15) is 0 Å². The van der Waals surface area contributed by atoms with Gasteiger partial charge in [0, 0.05) is 19.3 Å². The lowest BCUT2D eigenvalue weighted by Crippen LogP contribution is -2.29. The van der Waals surface area contributed by atoms with Crippen molar-refractivity contribution in [2.24, 2.45) is 7.05 Å². The van der Waals surface area contributed by atoms with E-state index in [0.29, 0.717) is 5.69 Å². The van der Waals surface area contributed by atoms with Gasteiger partial charge in [0.25, 0.3) is 0 Å². The third-order valence-electron chi connectivity index (χ3n) is 2.08. The van der Waals surface area contributed by atoms with Crippen LogP contribution in [0.15, 0.2) is 23.1 Å². The van der Waals surface area contributed by atoms with E-state index in [-0.39, 0.29) is 18.0 Å². The summed E-state index contributed by atoms with van der Waals surface area (Å²) in [6.07, 6.45) is 2.59. The van der Waals surface area contributed by atoms with Gasteiger partial charge in [0.2, 0.25) is 11.5 Å². The summed E-state index contributed by atoms with van der Waals surface area (Å²) in [5, 5.41) is 5.71. The highest BCUT2D eigenvalue weighted by Crippen LogP contribution is 2.01. The molecule has 1 heterocycles. The van der Waals surface area contributed by atoms with Gasteiger partial charge < -0.3 is 15.2 Å². The van der Waals surface area contributed by atoms with Crippen LogP contribution in [0, 0.1) is 0 Å². The SMILES string of the molecule is CCCNCC(=O)Nc1ccc(=O)n(C)c1. The molecule has 5 nitrogen and oxygen atoms in total. The normalized spacial score (nSPS) is 10.1. The molecule has 2 N–H and O–H groups in total. The number of nitrogens with zero attached hydrogens (tertiary/aromatic N) is 1. The van der Waals surface area contributed by atoms with E-state index in [0.717, 1.165) is 13.0 Å². The fourth-order valence-electron chi connectivity index (χ4n) is 1.25. The van der Waals surface area contributed by atoms with E-state index in [9.17, 15) is 9.59 Å². The number of hydrogen-bond donors (Lipinski definition) is 2. The van der Waals surface area contributed by atoms with Crippen molar-refractivity contribution in [3.63, 3.8) is 0 Å². The molecule has 0 aliphatic heterocycles. The second kappa shape index (κ2) is 6.07. The van der Waals surface area contributed by atoms with Crippen molar-refractivity contribution in [2.45, 2.75) is 13.3 Å². The zero-order chi connectivity index (χ0) is 12.0. The van der Waals surface area contributed by atoms with Gasteiger partial charge in [0.1, 0.15) is 0 Å². The molecule has 16 heavy (non-hydrogen) atoms. The number of nitrogens with one attached hydrogen (secondary N) is 2. The molecule has 0 aliphatic carbocycles. The van der Waals surface area contributed by atoms with Crippen LogP contribution in [-0.4, -0.2) is 23.6 Å². The van der Waals surface area contributed by atoms with E-state index in [1.807, 2.05) is 6.92 Å². The lowest BCUT2D eigenvalue weighted by atomic mass is 10.4. The van der Waals surface area contributed by atoms with E-state index >= 15 is 0 Å². The number of carbonyl (C=O) groups is 1. The van der Waals surface area contributed by atoms with Gasteiger partial charge in [0.05, 0.1) is 12.2 Å². The summed E-state index contributed by atoms with van der Waals surface area (Å²) in [5.41, 5.74) is 0.535. The number of aromatic nitrogens is 1. The molecular formula is C11H17N3O2. The summed E-state index contributed by atoms with van der Waals surface area (Å²) < 4.78 is 1.43. The number of anilines is 1. The maximum absolute atomic E-state index is 11.4. The van der Waals surface area contributed by atoms with E-state index < -0.39 is 0 Å². The lowest BCUT2D eigenvalue weighted by molar-refractivity contribution is -0.115. The van der Waals surface area contributed by atoms with Crippen LogP contribution in [0.2, 0.25) is 0 Å². The van der Waals surface area contributed by atoms with Crippen LogP contribution < -0.4 is 16.2 Å². The second-order valence-electron chi connectivity index (χ2n) is 3.59. The van der Waals surface area contributed by atoms with Gasteiger partial charge in [-0.25, -0.2) is 0 Å². The maximum Gasteiger partial charge on any atom is 0.250 e. The van der Waals surface area contributed by atoms with Crippen LogP contribution in [0.25, 0.3) is 0 Å². The van der Waals surface area contributed by atoms with Crippen LogP contribution in [0.5, 0.6) is 0 Å².